The molecule has 2 rings (SSSR count). The number of aromatic nitrogens is 2. The summed E-state index contributed by atoms with van der Waals surface area (Å²) in [6.45, 7) is 0.903. The number of rotatable bonds is 3. The second-order valence-electron chi connectivity index (χ2n) is 3.39. The summed E-state index contributed by atoms with van der Waals surface area (Å²) in [6, 6.07) is 3.85. The Morgan fingerprint density at radius 1 is 1.53 bits per heavy atom. The number of pyridine rings is 1. The molecule has 0 aromatic carbocycles. The van der Waals surface area contributed by atoms with E-state index in [2.05, 4.69) is 26.2 Å². The number of hydrogen-bond donors (Lipinski definition) is 2. The molecule has 3 N–H and O–H groups in total. The number of halogens is 1. The van der Waals surface area contributed by atoms with E-state index in [1.54, 1.807) is 0 Å². The molecule has 0 spiro atoms. The molecule has 0 atom stereocenters. The lowest BCUT2D eigenvalue weighted by molar-refractivity contribution is 0.753. The Hall–Kier alpha value is -1.07. The van der Waals surface area contributed by atoms with Crippen molar-refractivity contribution in [1.29, 1.82) is 0 Å². The number of nitrogens with zero attached hydrogens (tertiary/aromatic N) is 2. The van der Waals surface area contributed by atoms with Crippen LogP contribution in [0.3, 0.4) is 0 Å². The van der Waals surface area contributed by atoms with Crippen molar-refractivity contribution in [1.82, 2.24) is 14.7 Å². The summed E-state index contributed by atoms with van der Waals surface area (Å²) < 4.78 is 2.89. The first-order chi connectivity index (χ1) is 7.22. The number of hydrogen-bond acceptors (Lipinski definition) is 3. The second kappa shape index (κ2) is 4.20. The van der Waals surface area contributed by atoms with E-state index >= 15 is 0 Å². The van der Waals surface area contributed by atoms with Crippen LogP contribution in [-0.2, 0) is 6.42 Å². The van der Waals surface area contributed by atoms with Crippen molar-refractivity contribution >= 4 is 27.1 Å². The number of nitrogens with two attached hydrogens (primary N) is 1. The molecule has 0 saturated carbocycles. The zero-order valence-corrected chi connectivity index (χ0v) is 10.1. The van der Waals surface area contributed by atoms with Gasteiger partial charge in [-0.05, 0) is 35.1 Å². The SMILES string of the molecule is CNCCc1nc(Br)c2ccc(N)cn12. The van der Waals surface area contributed by atoms with Crippen molar-refractivity contribution in [2.75, 3.05) is 19.3 Å². The molecule has 0 bridgehead atoms. The summed E-state index contributed by atoms with van der Waals surface area (Å²) >= 11 is 3.44. The summed E-state index contributed by atoms with van der Waals surface area (Å²) in [4.78, 5) is 4.45. The van der Waals surface area contributed by atoms with Crippen LogP contribution in [0.15, 0.2) is 22.9 Å². The monoisotopic (exact) mass is 268 g/mol. The van der Waals surface area contributed by atoms with Gasteiger partial charge < -0.3 is 15.5 Å². The van der Waals surface area contributed by atoms with Crippen LogP contribution < -0.4 is 11.1 Å². The third-order valence-corrected chi connectivity index (χ3v) is 2.87. The number of nitrogen functional groups attached to an aromatic ring is 1. The van der Waals surface area contributed by atoms with Crippen LogP contribution in [0.25, 0.3) is 5.52 Å². The highest BCUT2D eigenvalue weighted by Gasteiger charge is 2.08. The third-order valence-electron chi connectivity index (χ3n) is 2.29. The molecule has 0 fully saturated rings. The molecule has 0 aliphatic carbocycles. The van der Waals surface area contributed by atoms with Crippen molar-refractivity contribution in [2.45, 2.75) is 6.42 Å². The number of imidazole rings is 1. The van der Waals surface area contributed by atoms with Gasteiger partial charge in [-0.15, -0.1) is 0 Å². The fourth-order valence-corrected chi connectivity index (χ4v) is 2.06. The van der Waals surface area contributed by atoms with Crippen LogP contribution in [-0.4, -0.2) is 23.0 Å². The van der Waals surface area contributed by atoms with E-state index in [1.807, 2.05) is 29.8 Å². The van der Waals surface area contributed by atoms with Crippen molar-refractivity contribution in [3.05, 3.63) is 28.8 Å². The minimum absolute atomic E-state index is 0.748. The van der Waals surface area contributed by atoms with Gasteiger partial charge in [-0.1, -0.05) is 0 Å². The van der Waals surface area contributed by atoms with Crippen LogP contribution in [0, 0.1) is 0 Å². The van der Waals surface area contributed by atoms with Gasteiger partial charge in [0.25, 0.3) is 0 Å². The van der Waals surface area contributed by atoms with Crippen LogP contribution in [0.5, 0.6) is 0 Å². The molecular formula is C10H13BrN4. The molecule has 0 saturated heterocycles. The van der Waals surface area contributed by atoms with Crippen LogP contribution in [0.4, 0.5) is 5.69 Å². The Labute approximate surface area is 96.6 Å². The molecular weight excluding hydrogens is 256 g/mol. The van der Waals surface area contributed by atoms with E-state index in [1.165, 1.54) is 0 Å². The number of fused-ring (bicyclic) bond motifs is 1. The maximum Gasteiger partial charge on any atom is 0.132 e. The highest BCUT2D eigenvalue weighted by molar-refractivity contribution is 9.10. The molecule has 80 valence electrons. The average molecular weight is 269 g/mol. The zero-order valence-electron chi connectivity index (χ0n) is 8.50. The van der Waals surface area contributed by atoms with E-state index in [9.17, 15) is 0 Å². The van der Waals surface area contributed by atoms with Gasteiger partial charge in [0.2, 0.25) is 0 Å². The standard InChI is InChI=1S/C10H13BrN4/c1-13-5-4-9-14-10(11)8-3-2-7(12)6-15(8)9/h2-3,6,13H,4-5,12H2,1H3. The van der Waals surface area contributed by atoms with Crippen molar-refractivity contribution in [2.24, 2.45) is 0 Å². The Kier molecular flexibility index (Phi) is 2.93. The van der Waals surface area contributed by atoms with E-state index in [-0.39, 0.29) is 0 Å². The van der Waals surface area contributed by atoms with Crippen LogP contribution in [0.1, 0.15) is 5.82 Å². The maximum absolute atomic E-state index is 5.75. The molecule has 0 aliphatic heterocycles. The van der Waals surface area contributed by atoms with Gasteiger partial charge in [0.15, 0.2) is 0 Å². The normalized spacial score (nSPS) is 11.1. The first-order valence-corrected chi connectivity index (χ1v) is 5.58. The van der Waals surface area contributed by atoms with Gasteiger partial charge >= 0.3 is 0 Å². The summed E-state index contributed by atoms with van der Waals surface area (Å²) in [5, 5.41) is 3.10. The fourth-order valence-electron chi connectivity index (χ4n) is 1.54. The predicted octanol–water partition coefficient (Wildman–Crippen LogP) is 1.44. The summed E-state index contributed by atoms with van der Waals surface area (Å²) in [5.74, 6) is 1.01. The molecule has 0 radical (unpaired) electrons. The quantitative estimate of drug-likeness (QED) is 0.886. The van der Waals surface area contributed by atoms with Gasteiger partial charge in [0.1, 0.15) is 10.4 Å². The predicted molar refractivity (Wildman–Crippen MR) is 64.9 cm³/mol. The van der Waals surface area contributed by atoms with Crippen LogP contribution in [0.2, 0.25) is 0 Å². The van der Waals surface area contributed by atoms with Gasteiger partial charge in [0.05, 0.1) is 5.52 Å². The molecule has 0 aliphatic rings. The maximum atomic E-state index is 5.75. The lowest BCUT2D eigenvalue weighted by atomic mass is 10.3. The Balaban J connectivity index is 2.49. The molecule has 4 nitrogen and oxygen atoms in total. The van der Waals surface area contributed by atoms with Gasteiger partial charge in [-0.2, -0.15) is 0 Å². The molecule has 2 heterocycles. The van der Waals surface area contributed by atoms with Gasteiger partial charge in [-0.25, -0.2) is 4.98 Å². The zero-order chi connectivity index (χ0) is 10.8. The number of likely N-dealkylation sites (N-methyl/N-ethyl adjacent to an activating group) is 1. The third kappa shape index (κ3) is 1.98. The largest absolute Gasteiger partial charge is 0.398 e. The van der Waals surface area contributed by atoms with Crippen molar-refractivity contribution in [3.8, 4) is 0 Å². The van der Waals surface area contributed by atoms with E-state index < -0.39 is 0 Å². The summed E-state index contributed by atoms with van der Waals surface area (Å²) in [5.41, 5.74) is 7.55. The minimum Gasteiger partial charge on any atom is -0.398 e. The second-order valence-corrected chi connectivity index (χ2v) is 4.14. The minimum atomic E-state index is 0.748. The molecule has 0 unspecified atom stereocenters. The lowest BCUT2D eigenvalue weighted by Gasteiger charge is -2.01. The molecule has 2 aromatic heterocycles. The fraction of sp³-hybridized carbons (Fsp3) is 0.300. The lowest BCUT2D eigenvalue weighted by Crippen LogP contribution is -2.12. The smallest absolute Gasteiger partial charge is 0.132 e. The average Bonchev–Trinajstić information content (AvgIpc) is 2.52. The molecule has 0 amide bonds. The van der Waals surface area contributed by atoms with Gasteiger partial charge in [-0.3, -0.25) is 0 Å². The first kappa shape index (κ1) is 10.4. The number of nitrogens with one attached hydrogen (secondary N) is 1. The molecule has 15 heavy (non-hydrogen) atoms. The first-order valence-electron chi connectivity index (χ1n) is 4.79. The van der Waals surface area contributed by atoms with E-state index in [0.29, 0.717) is 0 Å². The highest BCUT2D eigenvalue weighted by Crippen LogP contribution is 2.20. The highest BCUT2D eigenvalue weighted by atomic mass is 79.9. The Morgan fingerprint density at radius 2 is 2.33 bits per heavy atom. The molecule has 2 aromatic rings. The summed E-state index contributed by atoms with van der Waals surface area (Å²) in [6.07, 6.45) is 2.78. The van der Waals surface area contributed by atoms with Crippen molar-refractivity contribution in [3.63, 3.8) is 0 Å². The topological polar surface area (TPSA) is 55.3 Å². The Bertz CT molecular complexity index is 477. The van der Waals surface area contributed by atoms with E-state index in [4.69, 9.17) is 5.73 Å². The van der Waals surface area contributed by atoms with Gasteiger partial charge in [0, 0.05) is 24.8 Å². The Morgan fingerprint density at radius 3 is 3.07 bits per heavy atom. The molecule has 5 heteroatoms. The van der Waals surface area contributed by atoms with E-state index in [0.717, 1.165) is 34.6 Å². The number of anilines is 1. The van der Waals surface area contributed by atoms with Crippen molar-refractivity contribution < 1.29 is 0 Å². The summed E-state index contributed by atoms with van der Waals surface area (Å²) in [7, 11) is 1.93. The van der Waals surface area contributed by atoms with Crippen LogP contribution >= 0.6 is 15.9 Å².